The van der Waals surface area contributed by atoms with Gasteiger partial charge in [-0.05, 0) is 44.7 Å². The molecule has 4 N–H and O–H groups in total. The third-order valence-corrected chi connectivity index (χ3v) is 5.97. The van der Waals surface area contributed by atoms with E-state index in [4.69, 9.17) is 0 Å². The maximum absolute atomic E-state index is 11.1. The van der Waals surface area contributed by atoms with Gasteiger partial charge in [0.25, 0.3) is 0 Å². The number of phenolic OH excluding ortho intramolecular Hbond substituents is 2. The van der Waals surface area contributed by atoms with Gasteiger partial charge in [0.2, 0.25) is 0 Å². The maximum atomic E-state index is 11.1. The lowest BCUT2D eigenvalue weighted by atomic mass is 10.0. The Kier molecular flexibility index (Phi) is 11.5. The van der Waals surface area contributed by atoms with Crippen LogP contribution in [0.1, 0.15) is 74.9 Å². The van der Waals surface area contributed by atoms with Gasteiger partial charge in [-0.15, -0.1) is 0 Å². The van der Waals surface area contributed by atoms with Crippen molar-refractivity contribution in [2.24, 2.45) is 17.8 Å². The van der Waals surface area contributed by atoms with Gasteiger partial charge in [-0.2, -0.15) is 0 Å². The number of nitrogens with zero attached hydrogens (tertiary/aromatic N) is 1. The predicted molar refractivity (Wildman–Crippen MR) is 148 cm³/mol. The molecule has 2 aromatic carbocycles. The predicted octanol–water partition coefficient (Wildman–Crippen LogP) is 5.86. The molecule has 0 unspecified atom stereocenters. The number of hydrogen-bond acceptors (Lipinski definition) is 5. The van der Waals surface area contributed by atoms with Crippen LogP contribution in [0.4, 0.5) is 0 Å². The Morgan fingerprint density at radius 2 is 1.00 bits per heavy atom. The first-order valence-corrected chi connectivity index (χ1v) is 13.2. The lowest BCUT2D eigenvalue weighted by molar-refractivity contribution is 0.222. The molecule has 0 amide bonds. The van der Waals surface area contributed by atoms with Crippen molar-refractivity contribution in [3.8, 4) is 11.5 Å². The second kappa shape index (κ2) is 13.9. The lowest BCUT2D eigenvalue weighted by Crippen LogP contribution is -2.27. The van der Waals surface area contributed by atoms with Crippen LogP contribution in [0.3, 0.4) is 0 Å². The molecule has 0 radical (unpaired) electrons. The quantitative estimate of drug-likeness (QED) is 0.271. The van der Waals surface area contributed by atoms with E-state index in [9.17, 15) is 10.2 Å². The number of hydrogen-bond donors (Lipinski definition) is 4. The molecule has 5 nitrogen and oxygen atoms in total. The average Bonchev–Trinajstić information content (AvgIpc) is 2.73. The third-order valence-electron chi connectivity index (χ3n) is 5.97. The van der Waals surface area contributed by atoms with E-state index < -0.39 is 0 Å². The van der Waals surface area contributed by atoms with Crippen molar-refractivity contribution < 1.29 is 10.2 Å². The molecule has 0 heterocycles. The van der Waals surface area contributed by atoms with E-state index in [2.05, 4.69) is 95.2 Å². The Bertz CT molecular complexity index is 866. The van der Waals surface area contributed by atoms with Crippen molar-refractivity contribution in [2.75, 3.05) is 19.6 Å². The van der Waals surface area contributed by atoms with Crippen molar-refractivity contribution in [2.45, 2.75) is 81.6 Å². The summed E-state index contributed by atoms with van der Waals surface area (Å²) in [6, 6.07) is 8.32. The third kappa shape index (κ3) is 9.83. The molecule has 0 spiro atoms. The maximum Gasteiger partial charge on any atom is 0.124 e. The first-order chi connectivity index (χ1) is 16.5. The molecule has 0 fully saturated rings. The molecule has 35 heavy (non-hydrogen) atoms. The lowest BCUT2D eigenvalue weighted by Gasteiger charge is -2.26. The van der Waals surface area contributed by atoms with Gasteiger partial charge in [0.05, 0.1) is 0 Å². The standard InChI is InChI=1S/C30H49N3O2/c1-20(2)13-31-15-25-9-23(7)11-27(29(25)34)18-33(17-22(5)6)19-28-12-24(8)10-26(30(28)35)16-32-14-21(3)4/h9-12,20-22,31-32,34-35H,13-19H2,1-8H3. The van der Waals surface area contributed by atoms with Gasteiger partial charge in [-0.25, -0.2) is 0 Å². The first-order valence-electron chi connectivity index (χ1n) is 13.2. The van der Waals surface area contributed by atoms with E-state index in [1.165, 1.54) is 0 Å². The average molecular weight is 484 g/mol. The highest BCUT2D eigenvalue weighted by Gasteiger charge is 2.18. The molecule has 0 aliphatic rings. The van der Waals surface area contributed by atoms with Crippen LogP contribution in [0.2, 0.25) is 0 Å². The van der Waals surface area contributed by atoms with E-state index in [0.29, 0.717) is 55.4 Å². The zero-order valence-corrected chi connectivity index (χ0v) is 23.3. The number of phenols is 2. The van der Waals surface area contributed by atoms with Crippen LogP contribution in [0.15, 0.2) is 24.3 Å². The van der Waals surface area contributed by atoms with Crippen molar-refractivity contribution >= 4 is 0 Å². The monoisotopic (exact) mass is 483 g/mol. The molecular formula is C30H49N3O2. The minimum Gasteiger partial charge on any atom is -0.507 e. The van der Waals surface area contributed by atoms with Gasteiger partial charge >= 0.3 is 0 Å². The van der Waals surface area contributed by atoms with Crippen molar-refractivity contribution in [3.63, 3.8) is 0 Å². The fraction of sp³-hybridized carbons (Fsp3) is 0.600. The highest BCUT2D eigenvalue weighted by Crippen LogP contribution is 2.30. The fourth-order valence-corrected chi connectivity index (χ4v) is 4.55. The largest absolute Gasteiger partial charge is 0.507 e. The van der Waals surface area contributed by atoms with Gasteiger partial charge in [0.15, 0.2) is 0 Å². The molecule has 0 aliphatic carbocycles. The van der Waals surface area contributed by atoms with Crippen LogP contribution in [-0.4, -0.2) is 34.7 Å². The van der Waals surface area contributed by atoms with Crippen LogP contribution < -0.4 is 10.6 Å². The van der Waals surface area contributed by atoms with E-state index in [0.717, 1.165) is 53.0 Å². The van der Waals surface area contributed by atoms with E-state index >= 15 is 0 Å². The van der Waals surface area contributed by atoms with Crippen LogP contribution in [0.25, 0.3) is 0 Å². The Balaban J connectivity index is 2.26. The minimum atomic E-state index is 0.382. The smallest absolute Gasteiger partial charge is 0.124 e. The second-order valence-corrected chi connectivity index (χ2v) is 11.5. The normalized spacial score (nSPS) is 12.0. The zero-order chi connectivity index (χ0) is 26.1. The Hall–Kier alpha value is -2.08. The number of nitrogens with one attached hydrogen (secondary N) is 2. The topological polar surface area (TPSA) is 67.8 Å². The summed E-state index contributed by atoms with van der Waals surface area (Å²) in [5.41, 5.74) is 6.08. The number of benzene rings is 2. The molecular weight excluding hydrogens is 434 g/mol. The number of rotatable bonds is 14. The summed E-state index contributed by atoms with van der Waals surface area (Å²) < 4.78 is 0. The molecule has 0 bridgehead atoms. The highest BCUT2D eigenvalue weighted by molar-refractivity contribution is 5.45. The molecule has 5 heteroatoms. The van der Waals surface area contributed by atoms with E-state index in [1.54, 1.807) is 0 Å². The van der Waals surface area contributed by atoms with Crippen molar-refractivity contribution in [1.29, 1.82) is 0 Å². The van der Waals surface area contributed by atoms with Gasteiger partial charge in [-0.1, -0.05) is 76.9 Å². The van der Waals surface area contributed by atoms with Gasteiger partial charge < -0.3 is 20.8 Å². The Morgan fingerprint density at radius 1 is 0.629 bits per heavy atom. The Morgan fingerprint density at radius 3 is 1.34 bits per heavy atom. The zero-order valence-electron chi connectivity index (χ0n) is 23.3. The molecule has 0 saturated heterocycles. The first kappa shape index (κ1) is 29.2. The molecule has 0 aliphatic heterocycles. The summed E-state index contributed by atoms with van der Waals surface area (Å²) in [7, 11) is 0. The molecule has 0 saturated carbocycles. The van der Waals surface area contributed by atoms with Gasteiger partial charge in [0.1, 0.15) is 11.5 Å². The van der Waals surface area contributed by atoms with E-state index in [1.807, 2.05) is 0 Å². The summed E-state index contributed by atoms with van der Waals surface area (Å²) in [6.45, 7) is 22.6. The Labute approximate surface area is 214 Å². The number of aryl methyl sites for hydroxylation is 2. The molecule has 196 valence electrons. The van der Waals surface area contributed by atoms with Crippen LogP contribution >= 0.6 is 0 Å². The summed E-state index contributed by atoms with van der Waals surface area (Å²) in [5, 5.41) is 29.1. The van der Waals surface area contributed by atoms with Gasteiger partial charge in [-0.3, -0.25) is 4.90 Å². The minimum absolute atomic E-state index is 0.382. The molecule has 2 rings (SSSR count). The fourth-order valence-electron chi connectivity index (χ4n) is 4.55. The molecule has 0 atom stereocenters. The van der Waals surface area contributed by atoms with E-state index in [-0.39, 0.29) is 0 Å². The van der Waals surface area contributed by atoms with Crippen molar-refractivity contribution in [1.82, 2.24) is 15.5 Å². The summed E-state index contributed by atoms with van der Waals surface area (Å²) >= 11 is 0. The summed E-state index contributed by atoms with van der Waals surface area (Å²) in [6.07, 6.45) is 0. The van der Waals surface area contributed by atoms with Gasteiger partial charge in [0, 0.05) is 55.0 Å². The van der Waals surface area contributed by atoms with Crippen LogP contribution in [0, 0.1) is 31.6 Å². The number of aromatic hydroxyl groups is 2. The van der Waals surface area contributed by atoms with Crippen molar-refractivity contribution in [3.05, 3.63) is 57.6 Å². The van der Waals surface area contributed by atoms with Crippen LogP contribution in [0.5, 0.6) is 11.5 Å². The second-order valence-electron chi connectivity index (χ2n) is 11.5. The molecule has 0 aromatic heterocycles. The summed E-state index contributed by atoms with van der Waals surface area (Å²) in [5.74, 6) is 2.36. The highest BCUT2D eigenvalue weighted by atomic mass is 16.3. The summed E-state index contributed by atoms with van der Waals surface area (Å²) in [4.78, 5) is 2.34. The van der Waals surface area contributed by atoms with Crippen LogP contribution in [-0.2, 0) is 26.2 Å². The molecule has 2 aromatic rings. The SMILES string of the molecule is Cc1cc(CNCC(C)C)c(O)c(CN(Cc2cc(C)cc(CNCC(C)C)c2O)CC(C)C)c1.